The van der Waals surface area contributed by atoms with Gasteiger partial charge in [-0.15, -0.1) is 0 Å². The maximum atomic E-state index is 13.3. The minimum absolute atomic E-state index is 0.0254. The molecule has 0 aliphatic rings. The first-order valence-corrected chi connectivity index (χ1v) is 12.5. The minimum atomic E-state index is -1.58. The summed E-state index contributed by atoms with van der Waals surface area (Å²) in [7, 11) is 0. The number of carboxylic acid groups (broad SMARTS) is 3. The molecule has 0 aliphatic carbocycles. The van der Waals surface area contributed by atoms with Gasteiger partial charge in [0.2, 0.25) is 17.7 Å². The first-order chi connectivity index (χ1) is 18.4. The van der Waals surface area contributed by atoms with Gasteiger partial charge in [0, 0.05) is 19.3 Å². The molecular weight excluding hydrogens is 514 g/mol. The van der Waals surface area contributed by atoms with Crippen molar-refractivity contribution in [2.75, 3.05) is 6.54 Å². The van der Waals surface area contributed by atoms with Gasteiger partial charge in [-0.25, -0.2) is 4.79 Å². The van der Waals surface area contributed by atoms with Crippen LogP contribution < -0.4 is 27.4 Å². The Morgan fingerprint density at radius 1 is 0.692 bits per heavy atom. The van der Waals surface area contributed by atoms with E-state index in [2.05, 4.69) is 16.0 Å². The lowest BCUT2D eigenvalue weighted by Gasteiger charge is -2.25. The number of hydrogen-bond acceptors (Lipinski definition) is 8. The molecule has 14 nitrogen and oxygen atoms in total. The first kappa shape index (κ1) is 33.0. The zero-order valence-corrected chi connectivity index (χ0v) is 21.5. The molecule has 216 valence electrons. The molecule has 0 saturated carbocycles. The number of nitrogens with one attached hydrogen (secondary N) is 3. The average molecular weight is 552 g/mol. The molecule has 0 spiro atoms. The van der Waals surface area contributed by atoms with E-state index in [9.17, 15) is 33.9 Å². The fourth-order valence-corrected chi connectivity index (χ4v) is 3.58. The fourth-order valence-electron chi connectivity index (χ4n) is 3.58. The van der Waals surface area contributed by atoms with Gasteiger partial charge < -0.3 is 42.7 Å². The number of amides is 3. The van der Waals surface area contributed by atoms with E-state index in [4.69, 9.17) is 21.7 Å². The van der Waals surface area contributed by atoms with Gasteiger partial charge in [-0.3, -0.25) is 24.0 Å². The fraction of sp³-hybridized carbons (Fsp3) is 0.520. The van der Waals surface area contributed by atoms with Gasteiger partial charge in [0.05, 0.1) is 6.04 Å². The van der Waals surface area contributed by atoms with Gasteiger partial charge in [0.15, 0.2) is 0 Å². The van der Waals surface area contributed by atoms with Crippen molar-refractivity contribution >= 4 is 35.6 Å². The van der Waals surface area contributed by atoms with Crippen LogP contribution in [0.15, 0.2) is 30.3 Å². The van der Waals surface area contributed by atoms with Gasteiger partial charge in [0.25, 0.3) is 0 Å². The minimum Gasteiger partial charge on any atom is -0.481 e. The van der Waals surface area contributed by atoms with Crippen LogP contribution in [0.2, 0.25) is 0 Å². The SMILES string of the molecule is NCCCCC(N)C(=O)NC(Cc1ccccc1)C(=O)NC(CCC(=O)O)C(=O)NC(CCC(=O)O)C(=O)O. The third-order valence-corrected chi connectivity index (χ3v) is 5.76. The summed E-state index contributed by atoms with van der Waals surface area (Å²) in [6.07, 6.45) is -0.263. The monoisotopic (exact) mass is 551 g/mol. The van der Waals surface area contributed by atoms with Crippen LogP contribution in [-0.4, -0.2) is 81.7 Å². The van der Waals surface area contributed by atoms with Crippen LogP contribution in [0.4, 0.5) is 0 Å². The number of benzene rings is 1. The standard InChI is InChI=1S/C25H37N5O9/c26-13-5-4-8-16(27)22(35)30-19(14-15-6-2-1-3-7-15)24(37)28-17(9-11-20(31)32)23(36)29-18(25(38)39)10-12-21(33)34/h1-3,6-7,16-19H,4-5,8-14,26-27H2,(H,28,37)(H,29,36)(H,30,35)(H,31,32)(H,33,34)(H,38,39). The van der Waals surface area contributed by atoms with Gasteiger partial charge in [-0.05, 0) is 37.8 Å². The third kappa shape index (κ3) is 13.4. The highest BCUT2D eigenvalue weighted by Crippen LogP contribution is 2.08. The molecule has 4 atom stereocenters. The molecule has 0 heterocycles. The molecule has 39 heavy (non-hydrogen) atoms. The van der Waals surface area contributed by atoms with E-state index in [1.165, 1.54) is 0 Å². The zero-order valence-electron chi connectivity index (χ0n) is 21.5. The molecule has 14 heteroatoms. The van der Waals surface area contributed by atoms with E-state index in [0.717, 1.165) is 0 Å². The van der Waals surface area contributed by atoms with Crippen LogP contribution in [-0.2, 0) is 35.2 Å². The molecule has 0 radical (unpaired) electrons. The third-order valence-electron chi connectivity index (χ3n) is 5.76. The quantitative estimate of drug-likeness (QED) is 0.0963. The predicted molar refractivity (Wildman–Crippen MR) is 138 cm³/mol. The smallest absolute Gasteiger partial charge is 0.326 e. The summed E-state index contributed by atoms with van der Waals surface area (Å²) in [5, 5.41) is 34.4. The Morgan fingerprint density at radius 2 is 1.21 bits per heavy atom. The Balaban J connectivity index is 3.09. The van der Waals surface area contributed by atoms with Gasteiger partial charge >= 0.3 is 17.9 Å². The first-order valence-electron chi connectivity index (χ1n) is 12.5. The molecule has 1 rings (SSSR count). The molecule has 4 unspecified atom stereocenters. The Hall–Kier alpha value is -4.04. The van der Waals surface area contributed by atoms with E-state index in [1.807, 2.05) is 0 Å². The molecule has 3 amide bonds. The summed E-state index contributed by atoms with van der Waals surface area (Å²) >= 11 is 0. The largest absolute Gasteiger partial charge is 0.481 e. The highest BCUT2D eigenvalue weighted by Gasteiger charge is 2.31. The maximum Gasteiger partial charge on any atom is 0.326 e. The number of carbonyl (C=O) groups is 6. The molecule has 0 aromatic heterocycles. The summed E-state index contributed by atoms with van der Waals surface area (Å²) in [5.41, 5.74) is 12.1. The molecule has 0 saturated heterocycles. The predicted octanol–water partition coefficient (Wildman–Crippen LogP) is -1.05. The lowest BCUT2D eigenvalue weighted by Crippen LogP contribution is -2.57. The van der Waals surface area contributed by atoms with Crippen LogP contribution in [0.3, 0.4) is 0 Å². The molecule has 0 bridgehead atoms. The number of hydrogen-bond donors (Lipinski definition) is 8. The summed E-state index contributed by atoms with van der Waals surface area (Å²) in [5.74, 6) is -6.46. The molecule has 10 N–H and O–H groups in total. The van der Waals surface area contributed by atoms with Crippen LogP contribution >= 0.6 is 0 Å². The number of unbranched alkanes of at least 4 members (excludes halogenated alkanes) is 1. The summed E-state index contributed by atoms with van der Waals surface area (Å²) in [6.45, 7) is 0.437. The van der Waals surface area contributed by atoms with Crippen LogP contribution in [0.5, 0.6) is 0 Å². The Labute approximate surface area is 225 Å². The summed E-state index contributed by atoms with van der Waals surface area (Å²) in [4.78, 5) is 72.3. The zero-order chi connectivity index (χ0) is 29.4. The van der Waals surface area contributed by atoms with E-state index in [1.54, 1.807) is 30.3 Å². The van der Waals surface area contributed by atoms with Crippen molar-refractivity contribution in [1.82, 2.24) is 16.0 Å². The summed E-state index contributed by atoms with van der Waals surface area (Å²) in [6, 6.07) is 3.51. The van der Waals surface area contributed by atoms with Gasteiger partial charge in [-0.2, -0.15) is 0 Å². The lowest BCUT2D eigenvalue weighted by molar-refractivity contribution is -0.144. The van der Waals surface area contributed by atoms with Crippen molar-refractivity contribution in [3.05, 3.63) is 35.9 Å². The second-order valence-corrected chi connectivity index (χ2v) is 8.97. The van der Waals surface area contributed by atoms with Crippen molar-refractivity contribution in [1.29, 1.82) is 0 Å². The number of carbonyl (C=O) groups excluding carboxylic acids is 3. The number of nitrogens with two attached hydrogens (primary N) is 2. The highest BCUT2D eigenvalue weighted by atomic mass is 16.4. The number of rotatable bonds is 19. The average Bonchev–Trinajstić information content (AvgIpc) is 2.88. The van der Waals surface area contributed by atoms with Gasteiger partial charge in [0.1, 0.15) is 18.1 Å². The highest BCUT2D eigenvalue weighted by molar-refractivity contribution is 5.94. The van der Waals surface area contributed by atoms with Crippen molar-refractivity contribution in [2.45, 2.75) is 75.5 Å². The molecule has 1 aromatic rings. The van der Waals surface area contributed by atoms with E-state index < -0.39 is 79.1 Å². The van der Waals surface area contributed by atoms with E-state index >= 15 is 0 Å². The number of carboxylic acids is 3. The molecule has 0 aliphatic heterocycles. The Kier molecular flexibility index (Phi) is 14.8. The molecule has 0 fully saturated rings. The molecule has 1 aromatic carbocycles. The molecular formula is C25H37N5O9. The van der Waals surface area contributed by atoms with Crippen LogP contribution in [0, 0.1) is 0 Å². The number of aliphatic carboxylic acids is 3. The van der Waals surface area contributed by atoms with Crippen molar-refractivity contribution in [3.63, 3.8) is 0 Å². The Morgan fingerprint density at radius 3 is 1.74 bits per heavy atom. The maximum absolute atomic E-state index is 13.3. The van der Waals surface area contributed by atoms with E-state index in [0.29, 0.717) is 31.4 Å². The van der Waals surface area contributed by atoms with Crippen molar-refractivity contribution in [2.24, 2.45) is 11.5 Å². The van der Waals surface area contributed by atoms with E-state index in [-0.39, 0.29) is 12.8 Å². The lowest BCUT2D eigenvalue weighted by atomic mass is 10.0. The van der Waals surface area contributed by atoms with Crippen LogP contribution in [0.1, 0.15) is 50.5 Å². The van der Waals surface area contributed by atoms with Crippen molar-refractivity contribution in [3.8, 4) is 0 Å². The normalized spacial score (nSPS) is 13.8. The second kappa shape index (κ2) is 17.5. The second-order valence-electron chi connectivity index (χ2n) is 8.97. The van der Waals surface area contributed by atoms with Crippen LogP contribution in [0.25, 0.3) is 0 Å². The van der Waals surface area contributed by atoms with Crippen molar-refractivity contribution < 1.29 is 44.1 Å². The van der Waals surface area contributed by atoms with Gasteiger partial charge in [-0.1, -0.05) is 36.8 Å². The summed E-state index contributed by atoms with van der Waals surface area (Å²) < 4.78 is 0. The topological polar surface area (TPSA) is 251 Å². The Bertz CT molecular complexity index is 989.